The van der Waals surface area contributed by atoms with Crippen LogP contribution in [0, 0.1) is 17.2 Å². The van der Waals surface area contributed by atoms with E-state index in [1.165, 1.54) is 12.1 Å². The van der Waals surface area contributed by atoms with Gasteiger partial charge < -0.3 is 20.1 Å². The summed E-state index contributed by atoms with van der Waals surface area (Å²) in [7, 11) is 0. The molecule has 7 nitrogen and oxygen atoms in total. The van der Waals surface area contributed by atoms with Gasteiger partial charge in [0.2, 0.25) is 5.91 Å². The van der Waals surface area contributed by atoms with Crippen LogP contribution in [0.4, 0.5) is 13.2 Å². The molecule has 3 rings (SSSR count). The SMILES string of the molecule is CC[C@H](C)[C@@H](CN(Cc1ccccc1C(F)(F)F)C(=S)NC(C)C)NC(=O)Cc1cncn1Cc1ccc(C#N)cc1. The minimum Gasteiger partial charge on any atom is -0.360 e. The van der Waals surface area contributed by atoms with Crippen LogP contribution in [0.25, 0.3) is 0 Å². The van der Waals surface area contributed by atoms with E-state index in [-0.39, 0.29) is 49.0 Å². The number of nitrogens with one attached hydrogen (secondary N) is 2. The summed E-state index contributed by atoms with van der Waals surface area (Å²) in [6.07, 6.45) is -0.375. The topological polar surface area (TPSA) is 86.0 Å². The van der Waals surface area contributed by atoms with Gasteiger partial charge in [-0.05, 0) is 61.3 Å². The third-order valence-corrected chi connectivity index (χ3v) is 7.43. The van der Waals surface area contributed by atoms with Crippen LogP contribution < -0.4 is 10.6 Å². The lowest BCUT2D eigenvalue weighted by Crippen LogP contribution is -2.52. The van der Waals surface area contributed by atoms with E-state index in [9.17, 15) is 18.0 Å². The molecule has 3 aromatic rings. The standard InChI is InChI=1S/C31H37F3N6OS/c1-5-22(4)28(19-39(30(42)37-21(2)3)18-25-8-6-7-9-27(25)31(32,33)34)38-29(41)14-26-16-36-20-40(26)17-24-12-10-23(15-35)11-13-24/h6-13,16,20-22,28H,5,14,17-19H2,1-4H3,(H,37,42)(H,38,41)/t22-,28+/m0/s1. The molecule has 0 unspecified atom stereocenters. The predicted molar refractivity (Wildman–Crippen MR) is 160 cm³/mol. The molecule has 0 aliphatic rings. The van der Waals surface area contributed by atoms with Crippen molar-refractivity contribution >= 4 is 23.2 Å². The van der Waals surface area contributed by atoms with Gasteiger partial charge in [-0.15, -0.1) is 0 Å². The van der Waals surface area contributed by atoms with E-state index in [4.69, 9.17) is 17.5 Å². The maximum Gasteiger partial charge on any atom is 0.416 e. The highest BCUT2D eigenvalue weighted by molar-refractivity contribution is 7.80. The molecule has 0 fully saturated rings. The number of thiocarbonyl (C=S) groups is 1. The number of carbonyl (C=O) groups excluding carboxylic acids is 1. The Bertz CT molecular complexity index is 1380. The Kier molecular flexibility index (Phi) is 11.5. The summed E-state index contributed by atoms with van der Waals surface area (Å²) in [5, 5.41) is 15.6. The van der Waals surface area contributed by atoms with Crippen molar-refractivity contribution < 1.29 is 18.0 Å². The van der Waals surface area contributed by atoms with Gasteiger partial charge in [0.25, 0.3) is 0 Å². The fraction of sp³-hybridized carbons (Fsp3) is 0.419. The number of amides is 1. The fourth-order valence-electron chi connectivity index (χ4n) is 4.53. The summed E-state index contributed by atoms with van der Waals surface area (Å²) in [4.78, 5) is 19.2. The quantitative estimate of drug-likeness (QED) is 0.261. The number of hydrogen-bond acceptors (Lipinski definition) is 4. The lowest BCUT2D eigenvalue weighted by Gasteiger charge is -2.34. The Balaban J connectivity index is 1.78. The zero-order valence-corrected chi connectivity index (χ0v) is 25.1. The number of halogens is 3. The number of imidazole rings is 1. The van der Waals surface area contributed by atoms with E-state index in [0.29, 0.717) is 22.9 Å². The molecular weight excluding hydrogens is 561 g/mol. The molecule has 0 aliphatic carbocycles. The van der Waals surface area contributed by atoms with Crippen LogP contribution in [0.3, 0.4) is 0 Å². The Morgan fingerprint density at radius 1 is 1.12 bits per heavy atom. The number of nitriles is 1. The Morgan fingerprint density at radius 3 is 2.43 bits per heavy atom. The molecule has 1 amide bonds. The lowest BCUT2D eigenvalue weighted by molar-refractivity contribution is -0.138. The minimum atomic E-state index is -4.50. The minimum absolute atomic E-state index is 0.0223. The van der Waals surface area contributed by atoms with Gasteiger partial charge in [-0.3, -0.25) is 4.79 Å². The zero-order valence-electron chi connectivity index (χ0n) is 24.3. The van der Waals surface area contributed by atoms with Gasteiger partial charge in [-0.2, -0.15) is 18.4 Å². The Morgan fingerprint density at radius 2 is 1.81 bits per heavy atom. The fourth-order valence-corrected chi connectivity index (χ4v) is 4.90. The van der Waals surface area contributed by atoms with Crippen molar-refractivity contribution in [2.45, 2.75) is 71.9 Å². The smallest absolute Gasteiger partial charge is 0.360 e. The van der Waals surface area contributed by atoms with Gasteiger partial charge in [0.05, 0.1) is 29.9 Å². The van der Waals surface area contributed by atoms with Crippen molar-refractivity contribution in [1.29, 1.82) is 5.26 Å². The van der Waals surface area contributed by atoms with E-state index in [1.807, 2.05) is 44.4 Å². The largest absolute Gasteiger partial charge is 0.416 e. The van der Waals surface area contributed by atoms with Gasteiger partial charge in [0, 0.05) is 43.6 Å². The van der Waals surface area contributed by atoms with Crippen molar-refractivity contribution in [3.63, 3.8) is 0 Å². The highest BCUT2D eigenvalue weighted by Gasteiger charge is 2.34. The highest BCUT2D eigenvalue weighted by atomic mass is 32.1. The Labute approximate surface area is 250 Å². The molecule has 1 aromatic heterocycles. The molecule has 42 heavy (non-hydrogen) atoms. The van der Waals surface area contributed by atoms with Gasteiger partial charge in [0.15, 0.2) is 5.11 Å². The Hall–Kier alpha value is -3.91. The predicted octanol–water partition coefficient (Wildman–Crippen LogP) is 5.68. The van der Waals surface area contributed by atoms with E-state index in [2.05, 4.69) is 21.7 Å². The average molecular weight is 599 g/mol. The van der Waals surface area contributed by atoms with E-state index < -0.39 is 11.7 Å². The number of aromatic nitrogens is 2. The van der Waals surface area contributed by atoms with Crippen LogP contribution in [0.5, 0.6) is 0 Å². The van der Waals surface area contributed by atoms with E-state index in [0.717, 1.165) is 18.1 Å². The summed E-state index contributed by atoms with van der Waals surface area (Å²) < 4.78 is 43.2. The van der Waals surface area contributed by atoms with Gasteiger partial charge in [0.1, 0.15) is 0 Å². The van der Waals surface area contributed by atoms with Crippen LogP contribution in [0.1, 0.15) is 62.1 Å². The maximum absolute atomic E-state index is 13.8. The molecule has 0 radical (unpaired) electrons. The van der Waals surface area contributed by atoms with Gasteiger partial charge >= 0.3 is 6.18 Å². The van der Waals surface area contributed by atoms with Crippen molar-refractivity contribution in [2.75, 3.05) is 6.54 Å². The van der Waals surface area contributed by atoms with Crippen molar-refractivity contribution in [3.8, 4) is 6.07 Å². The molecular formula is C31H37F3N6OS. The first kappa shape index (κ1) is 32.6. The second-order valence-corrected chi connectivity index (χ2v) is 11.1. The van der Waals surface area contributed by atoms with E-state index in [1.54, 1.807) is 35.6 Å². The molecule has 0 saturated heterocycles. The molecule has 2 N–H and O–H groups in total. The van der Waals surface area contributed by atoms with Gasteiger partial charge in [-0.25, -0.2) is 4.98 Å². The number of rotatable bonds is 12. The molecule has 0 aliphatic heterocycles. The molecule has 2 atom stereocenters. The van der Waals surface area contributed by atoms with E-state index >= 15 is 0 Å². The number of alkyl halides is 3. The second-order valence-electron chi connectivity index (χ2n) is 10.7. The van der Waals surface area contributed by atoms with Crippen LogP contribution >= 0.6 is 12.2 Å². The normalized spacial score (nSPS) is 12.8. The summed E-state index contributed by atoms with van der Waals surface area (Å²) >= 11 is 5.62. The first-order valence-electron chi connectivity index (χ1n) is 13.9. The van der Waals surface area contributed by atoms with Gasteiger partial charge in [-0.1, -0.05) is 50.6 Å². The summed E-state index contributed by atoms with van der Waals surface area (Å²) in [6.45, 7) is 8.48. The van der Waals surface area contributed by atoms with Crippen molar-refractivity contribution in [3.05, 3.63) is 89.0 Å². The van der Waals surface area contributed by atoms with Crippen molar-refractivity contribution in [1.82, 2.24) is 25.1 Å². The van der Waals surface area contributed by atoms with Crippen LogP contribution in [0.2, 0.25) is 0 Å². The zero-order chi connectivity index (χ0) is 30.9. The molecule has 0 saturated carbocycles. The number of carbonyl (C=O) groups is 1. The second kappa shape index (κ2) is 14.8. The number of nitrogens with zero attached hydrogens (tertiary/aromatic N) is 4. The van der Waals surface area contributed by atoms with Crippen LogP contribution in [0.15, 0.2) is 61.1 Å². The highest BCUT2D eigenvalue weighted by Crippen LogP contribution is 2.32. The van der Waals surface area contributed by atoms with Crippen LogP contribution in [-0.4, -0.2) is 44.1 Å². The summed E-state index contributed by atoms with van der Waals surface area (Å²) in [5.41, 5.74) is 1.65. The lowest BCUT2D eigenvalue weighted by atomic mass is 9.97. The monoisotopic (exact) mass is 598 g/mol. The first-order chi connectivity index (χ1) is 19.9. The third-order valence-electron chi connectivity index (χ3n) is 7.05. The third kappa shape index (κ3) is 9.31. The molecule has 224 valence electrons. The first-order valence-corrected chi connectivity index (χ1v) is 14.3. The number of hydrogen-bond donors (Lipinski definition) is 2. The van der Waals surface area contributed by atoms with Crippen molar-refractivity contribution in [2.24, 2.45) is 5.92 Å². The molecule has 1 heterocycles. The summed E-state index contributed by atoms with van der Waals surface area (Å²) in [6, 6.07) is 14.4. The molecule has 11 heteroatoms. The average Bonchev–Trinajstić information content (AvgIpc) is 3.37. The summed E-state index contributed by atoms with van der Waals surface area (Å²) in [5.74, 6) is -0.194. The number of benzene rings is 2. The molecule has 2 aromatic carbocycles. The maximum atomic E-state index is 13.8. The molecule has 0 bridgehead atoms. The van der Waals surface area contributed by atoms with Crippen LogP contribution in [-0.2, 0) is 30.5 Å². The molecule has 0 spiro atoms.